The molecule has 0 amide bonds. The first kappa shape index (κ1) is 12.8. The van der Waals surface area contributed by atoms with E-state index in [9.17, 15) is 0 Å². The average molecular weight is 200 g/mol. The van der Waals surface area contributed by atoms with Crippen molar-refractivity contribution in [1.82, 2.24) is 5.32 Å². The summed E-state index contributed by atoms with van der Waals surface area (Å²) in [4.78, 5) is 0. The first-order valence-corrected chi connectivity index (χ1v) is 6.06. The van der Waals surface area contributed by atoms with E-state index >= 15 is 0 Å². The summed E-state index contributed by atoms with van der Waals surface area (Å²) >= 11 is 1.89. The highest BCUT2D eigenvalue weighted by Crippen LogP contribution is 2.01. The monoisotopic (exact) mass is 200 g/mol. The predicted molar refractivity (Wildman–Crippen MR) is 61.9 cm³/mol. The summed E-state index contributed by atoms with van der Waals surface area (Å²) < 4.78 is 0. The molecule has 0 aromatic rings. The minimum atomic E-state index is 0.438. The maximum absolute atomic E-state index is 5.62. The van der Waals surface area contributed by atoms with Gasteiger partial charge in [-0.05, 0) is 31.8 Å². The third-order valence-electron chi connectivity index (χ3n) is 1.84. The Bertz CT molecular complexity index is 160. The molecule has 3 heteroatoms. The van der Waals surface area contributed by atoms with Gasteiger partial charge in [0.05, 0.1) is 6.54 Å². The zero-order chi connectivity index (χ0) is 9.94. The Kier molecular flexibility index (Phi) is 9.78. The molecule has 0 rings (SSSR count). The molecular formula is C10H20N2S. The maximum atomic E-state index is 5.62. The Labute approximate surface area is 86.0 Å². The van der Waals surface area contributed by atoms with E-state index in [1.54, 1.807) is 0 Å². The molecule has 0 saturated heterocycles. The lowest BCUT2D eigenvalue weighted by molar-refractivity contribution is 0.511. The predicted octanol–water partition coefficient (Wildman–Crippen LogP) is 1.07. The van der Waals surface area contributed by atoms with Crippen molar-refractivity contribution in [2.45, 2.75) is 25.8 Å². The van der Waals surface area contributed by atoms with Crippen molar-refractivity contribution in [1.29, 1.82) is 0 Å². The molecule has 0 bridgehead atoms. The van der Waals surface area contributed by atoms with Crippen LogP contribution in [0.4, 0.5) is 0 Å². The molecule has 0 aliphatic rings. The fraction of sp³-hybridized carbons (Fsp3) is 0.800. The second-order valence-electron chi connectivity index (χ2n) is 2.88. The minimum absolute atomic E-state index is 0.438. The normalized spacial score (nSPS) is 11.9. The van der Waals surface area contributed by atoms with E-state index in [-0.39, 0.29) is 0 Å². The second kappa shape index (κ2) is 9.91. The Morgan fingerprint density at radius 1 is 1.54 bits per heavy atom. The molecule has 1 atom stereocenters. The van der Waals surface area contributed by atoms with E-state index in [1.165, 1.54) is 12.2 Å². The zero-order valence-corrected chi connectivity index (χ0v) is 9.41. The van der Waals surface area contributed by atoms with Crippen LogP contribution in [-0.2, 0) is 0 Å². The highest BCUT2D eigenvalue weighted by molar-refractivity contribution is 7.98. The fourth-order valence-electron chi connectivity index (χ4n) is 1.06. The van der Waals surface area contributed by atoms with Gasteiger partial charge in [-0.1, -0.05) is 5.92 Å². The van der Waals surface area contributed by atoms with Gasteiger partial charge in [0.15, 0.2) is 0 Å². The van der Waals surface area contributed by atoms with Crippen LogP contribution < -0.4 is 11.1 Å². The quantitative estimate of drug-likeness (QED) is 0.477. The molecule has 0 saturated carbocycles. The van der Waals surface area contributed by atoms with Crippen molar-refractivity contribution < 1.29 is 0 Å². The molecule has 0 aliphatic carbocycles. The molecule has 0 spiro atoms. The summed E-state index contributed by atoms with van der Waals surface area (Å²) in [6.45, 7) is 3.32. The smallest absolute Gasteiger partial charge is 0.0578 e. The van der Waals surface area contributed by atoms with Gasteiger partial charge in [-0.25, -0.2) is 0 Å². The summed E-state index contributed by atoms with van der Waals surface area (Å²) in [6.07, 6.45) is 4.52. The van der Waals surface area contributed by atoms with Crippen LogP contribution in [0, 0.1) is 11.8 Å². The summed E-state index contributed by atoms with van der Waals surface area (Å²) in [7, 11) is 0. The van der Waals surface area contributed by atoms with Gasteiger partial charge in [0, 0.05) is 12.6 Å². The van der Waals surface area contributed by atoms with Gasteiger partial charge in [0.2, 0.25) is 0 Å². The number of hydrogen-bond donors (Lipinski definition) is 2. The molecule has 3 N–H and O–H groups in total. The van der Waals surface area contributed by atoms with E-state index in [0.717, 1.165) is 13.0 Å². The molecule has 2 nitrogen and oxygen atoms in total. The number of nitrogens with one attached hydrogen (secondary N) is 1. The van der Waals surface area contributed by atoms with Crippen LogP contribution in [0.3, 0.4) is 0 Å². The molecule has 0 aromatic carbocycles. The SMILES string of the molecule is CC#CCNC(CN)CCCSC. The van der Waals surface area contributed by atoms with Crippen molar-refractivity contribution in [2.24, 2.45) is 5.73 Å². The van der Waals surface area contributed by atoms with Gasteiger partial charge in [-0.15, -0.1) is 5.92 Å². The fourth-order valence-corrected chi connectivity index (χ4v) is 1.52. The van der Waals surface area contributed by atoms with E-state index < -0.39 is 0 Å². The molecule has 76 valence electrons. The third kappa shape index (κ3) is 8.17. The van der Waals surface area contributed by atoms with E-state index in [1.807, 2.05) is 18.7 Å². The molecule has 0 heterocycles. The second-order valence-corrected chi connectivity index (χ2v) is 3.86. The average Bonchev–Trinajstić information content (AvgIpc) is 2.16. The number of hydrogen-bond acceptors (Lipinski definition) is 3. The topological polar surface area (TPSA) is 38.0 Å². The number of rotatable bonds is 7. The largest absolute Gasteiger partial charge is 0.329 e. The Morgan fingerprint density at radius 2 is 2.31 bits per heavy atom. The van der Waals surface area contributed by atoms with Gasteiger partial charge in [-0.3, -0.25) is 0 Å². The minimum Gasteiger partial charge on any atom is -0.329 e. The van der Waals surface area contributed by atoms with Gasteiger partial charge in [0.25, 0.3) is 0 Å². The Hall–Kier alpha value is -0.170. The summed E-state index contributed by atoms with van der Waals surface area (Å²) in [5, 5.41) is 3.32. The highest BCUT2D eigenvalue weighted by atomic mass is 32.2. The highest BCUT2D eigenvalue weighted by Gasteiger charge is 2.03. The van der Waals surface area contributed by atoms with Gasteiger partial charge in [-0.2, -0.15) is 11.8 Å². The van der Waals surface area contributed by atoms with E-state index in [2.05, 4.69) is 23.4 Å². The third-order valence-corrected chi connectivity index (χ3v) is 2.54. The van der Waals surface area contributed by atoms with E-state index in [0.29, 0.717) is 12.6 Å². The van der Waals surface area contributed by atoms with Gasteiger partial charge in [0.1, 0.15) is 0 Å². The van der Waals surface area contributed by atoms with Crippen molar-refractivity contribution in [3.05, 3.63) is 0 Å². The van der Waals surface area contributed by atoms with Gasteiger partial charge >= 0.3 is 0 Å². The van der Waals surface area contributed by atoms with Crippen molar-refractivity contribution in [2.75, 3.05) is 25.1 Å². The lowest BCUT2D eigenvalue weighted by atomic mass is 10.2. The number of thioether (sulfide) groups is 1. The molecular weight excluding hydrogens is 180 g/mol. The van der Waals surface area contributed by atoms with Crippen LogP contribution >= 0.6 is 11.8 Å². The molecule has 13 heavy (non-hydrogen) atoms. The maximum Gasteiger partial charge on any atom is 0.0578 e. The summed E-state index contributed by atoms with van der Waals surface area (Å²) in [6, 6.07) is 0.438. The zero-order valence-electron chi connectivity index (χ0n) is 8.60. The molecule has 0 aromatic heterocycles. The lowest BCUT2D eigenvalue weighted by Crippen LogP contribution is -2.36. The van der Waals surface area contributed by atoms with Gasteiger partial charge < -0.3 is 11.1 Å². The molecule has 0 fully saturated rings. The standard InChI is InChI=1S/C10H20N2S/c1-3-4-7-12-10(9-11)6-5-8-13-2/h10,12H,5-9,11H2,1-2H3. The Balaban J connectivity index is 3.43. The summed E-state index contributed by atoms with van der Waals surface area (Å²) in [5.74, 6) is 7.06. The first-order valence-electron chi connectivity index (χ1n) is 4.67. The van der Waals surface area contributed by atoms with Crippen molar-refractivity contribution in [3.8, 4) is 11.8 Å². The van der Waals surface area contributed by atoms with Crippen LogP contribution in [0.15, 0.2) is 0 Å². The molecule has 1 unspecified atom stereocenters. The van der Waals surface area contributed by atoms with Crippen LogP contribution in [0.2, 0.25) is 0 Å². The summed E-state index contributed by atoms with van der Waals surface area (Å²) in [5.41, 5.74) is 5.62. The molecule has 0 aliphatic heterocycles. The van der Waals surface area contributed by atoms with E-state index in [4.69, 9.17) is 5.73 Å². The van der Waals surface area contributed by atoms with Crippen LogP contribution in [0.5, 0.6) is 0 Å². The first-order chi connectivity index (χ1) is 6.35. The Morgan fingerprint density at radius 3 is 2.85 bits per heavy atom. The van der Waals surface area contributed by atoms with Crippen LogP contribution in [-0.4, -0.2) is 31.1 Å². The van der Waals surface area contributed by atoms with Crippen LogP contribution in [0.1, 0.15) is 19.8 Å². The van der Waals surface area contributed by atoms with Crippen LogP contribution in [0.25, 0.3) is 0 Å². The number of nitrogens with two attached hydrogens (primary N) is 1. The lowest BCUT2D eigenvalue weighted by Gasteiger charge is -2.14. The van der Waals surface area contributed by atoms with Crippen molar-refractivity contribution >= 4 is 11.8 Å². The molecule has 0 radical (unpaired) electrons. The van der Waals surface area contributed by atoms with Crippen molar-refractivity contribution in [3.63, 3.8) is 0 Å².